The molecular weight excluding hydrogens is 228 g/mol. The first kappa shape index (κ1) is 11.1. The van der Waals surface area contributed by atoms with Gasteiger partial charge in [0, 0.05) is 17.7 Å². The summed E-state index contributed by atoms with van der Waals surface area (Å²) in [5.41, 5.74) is 3.10. The Hall–Kier alpha value is -1.97. The van der Waals surface area contributed by atoms with Crippen LogP contribution in [0.3, 0.4) is 0 Å². The molecule has 0 unspecified atom stereocenters. The molecule has 2 heterocycles. The Morgan fingerprint density at radius 2 is 1.89 bits per heavy atom. The maximum absolute atomic E-state index is 5.69. The Morgan fingerprint density at radius 3 is 2.61 bits per heavy atom. The number of hydrogen-bond acceptors (Lipinski definition) is 3. The quantitative estimate of drug-likeness (QED) is 0.839. The lowest BCUT2D eigenvalue weighted by Crippen LogP contribution is -1.97. The van der Waals surface area contributed by atoms with Gasteiger partial charge in [0.1, 0.15) is 5.82 Å². The standard InChI is InChI=1S/C14H16N2O2/c1-9-14(16-10(2)15-9)11-4-5-12-13(8-11)18-7-3-6-17-12/h4-5,8H,3,6-7H2,1-2H3,(H,15,16). The second kappa shape index (κ2) is 4.37. The Balaban J connectivity index is 2.04. The Morgan fingerprint density at radius 1 is 1.11 bits per heavy atom. The topological polar surface area (TPSA) is 47.1 Å². The SMILES string of the molecule is Cc1nc(-c2ccc3c(c2)OCCCO3)c(C)[nH]1. The molecule has 1 aromatic carbocycles. The van der Waals surface area contributed by atoms with Crippen LogP contribution in [0.2, 0.25) is 0 Å². The molecule has 94 valence electrons. The van der Waals surface area contributed by atoms with Crippen LogP contribution in [0.1, 0.15) is 17.9 Å². The van der Waals surface area contributed by atoms with Gasteiger partial charge < -0.3 is 14.5 Å². The zero-order valence-electron chi connectivity index (χ0n) is 10.6. The van der Waals surface area contributed by atoms with E-state index in [1.165, 1.54) is 0 Å². The highest BCUT2D eigenvalue weighted by atomic mass is 16.5. The Bertz CT molecular complexity index is 575. The van der Waals surface area contributed by atoms with Gasteiger partial charge in [0.05, 0.1) is 18.9 Å². The summed E-state index contributed by atoms with van der Waals surface area (Å²) in [6, 6.07) is 5.98. The van der Waals surface area contributed by atoms with Gasteiger partial charge in [0.2, 0.25) is 0 Å². The zero-order valence-corrected chi connectivity index (χ0v) is 10.6. The van der Waals surface area contributed by atoms with Crippen molar-refractivity contribution < 1.29 is 9.47 Å². The fourth-order valence-corrected chi connectivity index (χ4v) is 2.20. The smallest absolute Gasteiger partial charge is 0.161 e. The third-order valence-corrected chi connectivity index (χ3v) is 3.02. The normalized spacial score (nSPS) is 14.3. The van der Waals surface area contributed by atoms with E-state index in [0.717, 1.165) is 40.7 Å². The molecule has 0 aliphatic carbocycles. The molecule has 1 aromatic heterocycles. The average Bonchev–Trinajstić information content (AvgIpc) is 2.58. The summed E-state index contributed by atoms with van der Waals surface area (Å²) in [4.78, 5) is 7.72. The van der Waals surface area contributed by atoms with Crippen molar-refractivity contribution in [3.8, 4) is 22.8 Å². The molecular formula is C14H16N2O2. The molecule has 4 heteroatoms. The molecule has 0 spiro atoms. The molecule has 0 saturated carbocycles. The monoisotopic (exact) mass is 244 g/mol. The minimum atomic E-state index is 0.703. The largest absolute Gasteiger partial charge is 0.490 e. The van der Waals surface area contributed by atoms with Crippen molar-refractivity contribution in [2.75, 3.05) is 13.2 Å². The van der Waals surface area contributed by atoms with Crippen LogP contribution >= 0.6 is 0 Å². The van der Waals surface area contributed by atoms with Gasteiger partial charge in [-0.25, -0.2) is 4.98 Å². The first-order valence-electron chi connectivity index (χ1n) is 6.17. The van der Waals surface area contributed by atoms with Crippen molar-refractivity contribution in [1.82, 2.24) is 9.97 Å². The van der Waals surface area contributed by atoms with E-state index >= 15 is 0 Å². The van der Waals surface area contributed by atoms with Gasteiger partial charge in [-0.3, -0.25) is 0 Å². The Kier molecular flexibility index (Phi) is 2.70. The van der Waals surface area contributed by atoms with Gasteiger partial charge in [-0.05, 0) is 32.0 Å². The molecule has 3 rings (SSSR count). The van der Waals surface area contributed by atoms with Crippen LogP contribution < -0.4 is 9.47 Å². The van der Waals surface area contributed by atoms with Crippen molar-refractivity contribution in [2.24, 2.45) is 0 Å². The number of aromatic nitrogens is 2. The molecule has 0 fully saturated rings. The van der Waals surface area contributed by atoms with E-state index in [2.05, 4.69) is 9.97 Å². The predicted molar refractivity (Wildman–Crippen MR) is 69.1 cm³/mol. The van der Waals surface area contributed by atoms with Gasteiger partial charge in [-0.15, -0.1) is 0 Å². The first-order chi connectivity index (χ1) is 8.74. The molecule has 1 N–H and O–H groups in total. The van der Waals surface area contributed by atoms with E-state index in [0.29, 0.717) is 13.2 Å². The molecule has 1 aliphatic heterocycles. The number of aryl methyl sites for hydroxylation is 2. The highest BCUT2D eigenvalue weighted by molar-refractivity contribution is 5.66. The van der Waals surface area contributed by atoms with Crippen molar-refractivity contribution in [1.29, 1.82) is 0 Å². The van der Waals surface area contributed by atoms with E-state index in [1.807, 2.05) is 32.0 Å². The van der Waals surface area contributed by atoms with Crippen LogP contribution in [0.4, 0.5) is 0 Å². The molecule has 18 heavy (non-hydrogen) atoms. The van der Waals surface area contributed by atoms with E-state index in [1.54, 1.807) is 0 Å². The van der Waals surface area contributed by atoms with Crippen molar-refractivity contribution in [3.05, 3.63) is 29.7 Å². The summed E-state index contributed by atoms with van der Waals surface area (Å²) < 4.78 is 11.3. The second-order valence-electron chi connectivity index (χ2n) is 4.51. The number of H-pyrrole nitrogens is 1. The number of rotatable bonds is 1. The van der Waals surface area contributed by atoms with Crippen molar-refractivity contribution >= 4 is 0 Å². The van der Waals surface area contributed by atoms with Crippen molar-refractivity contribution in [3.63, 3.8) is 0 Å². The van der Waals surface area contributed by atoms with Crippen LogP contribution in [0.25, 0.3) is 11.3 Å². The van der Waals surface area contributed by atoms with Crippen LogP contribution in [0.15, 0.2) is 18.2 Å². The molecule has 0 saturated heterocycles. The predicted octanol–water partition coefficient (Wildman–Crippen LogP) is 2.85. The summed E-state index contributed by atoms with van der Waals surface area (Å²) in [5.74, 6) is 2.56. The molecule has 0 amide bonds. The van der Waals surface area contributed by atoms with Gasteiger partial charge in [-0.1, -0.05) is 0 Å². The number of hydrogen-bond donors (Lipinski definition) is 1. The molecule has 1 aliphatic rings. The summed E-state index contributed by atoms with van der Waals surface area (Å²) in [5, 5.41) is 0. The molecule has 4 nitrogen and oxygen atoms in total. The fraction of sp³-hybridized carbons (Fsp3) is 0.357. The lowest BCUT2D eigenvalue weighted by atomic mass is 10.1. The van der Waals surface area contributed by atoms with Gasteiger partial charge in [-0.2, -0.15) is 0 Å². The number of nitrogens with zero attached hydrogens (tertiary/aromatic N) is 1. The van der Waals surface area contributed by atoms with E-state index in [4.69, 9.17) is 9.47 Å². The third kappa shape index (κ3) is 1.94. The van der Waals surface area contributed by atoms with Crippen LogP contribution in [0.5, 0.6) is 11.5 Å². The number of nitrogens with one attached hydrogen (secondary N) is 1. The zero-order chi connectivity index (χ0) is 12.5. The number of aromatic amines is 1. The van der Waals surface area contributed by atoms with Crippen LogP contribution in [-0.2, 0) is 0 Å². The fourth-order valence-electron chi connectivity index (χ4n) is 2.20. The highest BCUT2D eigenvalue weighted by Crippen LogP contribution is 2.34. The molecule has 0 atom stereocenters. The molecule has 2 aromatic rings. The van der Waals surface area contributed by atoms with Crippen molar-refractivity contribution in [2.45, 2.75) is 20.3 Å². The van der Waals surface area contributed by atoms with Crippen LogP contribution in [0, 0.1) is 13.8 Å². The van der Waals surface area contributed by atoms with E-state index in [-0.39, 0.29) is 0 Å². The van der Waals surface area contributed by atoms with Gasteiger partial charge in [0.15, 0.2) is 11.5 Å². The van der Waals surface area contributed by atoms with Gasteiger partial charge in [0.25, 0.3) is 0 Å². The number of fused-ring (bicyclic) bond motifs is 1. The number of imidazole rings is 1. The van der Waals surface area contributed by atoms with E-state index in [9.17, 15) is 0 Å². The van der Waals surface area contributed by atoms with E-state index < -0.39 is 0 Å². The first-order valence-corrected chi connectivity index (χ1v) is 6.17. The summed E-state index contributed by atoms with van der Waals surface area (Å²) in [6.07, 6.45) is 0.921. The number of benzene rings is 1. The Labute approximate surface area is 106 Å². The maximum atomic E-state index is 5.69. The third-order valence-electron chi connectivity index (χ3n) is 3.02. The minimum absolute atomic E-state index is 0.703. The molecule has 0 bridgehead atoms. The maximum Gasteiger partial charge on any atom is 0.161 e. The van der Waals surface area contributed by atoms with Gasteiger partial charge >= 0.3 is 0 Å². The average molecular weight is 244 g/mol. The minimum Gasteiger partial charge on any atom is -0.490 e. The van der Waals surface area contributed by atoms with Crippen LogP contribution in [-0.4, -0.2) is 23.2 Å². The highest BCUT2D eigenvalue weighted by Gasteiger charge is 2.13. The molecule has 0 radical (unpaired) electrons. The summed E-state index contributed by atoms with van der Waals surface area (Å²) >= 11 is 0. The number of ether oxygens (including phenoxy) is 2. The second-order valence-corrected chi connectivity index (χ2v) is 4.51. The summed E-state index contributed by atoms with van der Waals surface area (Å²) in [7, 11) is 0. The lowest BCUT2D eigenvalue weighted by Gasteiger charge is -2.08. The lowest BCUT2D eigenvalue weighted by molar-refractivity contribution is 0.297. The summed E-state index contributed by atoms with van der Waals surface area (Å²) in [6.45, 7) is 5.40.